The van der Waals surface area contributed by atoms with Crippen LogP contribution in [0.1, 0.15) is 38.5 Å². The highest BCUT2D eigenvalue weighted by atomic mass is 127. The average Bonchev–Trinajstić information content (AvgIpc) is 2.77. The zero-order chi connectivity index (χ0) is 21.6. The lowest BCUT2D eigenvalue weighted by Crippen LogP contribution is -2.56. The molecule has 6 nitrogen and oxygen atoms in total. The molecule has 8 heteroatoms. The van der Waals surface area contributed by atoms with Crippen molar-refractivity contribution in [3.05, 3.63) is 30.1 Å². The standard InChI is InChI=1S/C24H39FN6.HI/c1-26-24(28-19-17-20-7-5-8-21(18-19)29(20)2)27-11-6-12-30-13-15-31(16-14-30)23-10-4-3-9-22(23)25;/h3-4,9-10,19-21H,5-8,11-18H2,1-2H3,(H2,26,27,28);1H. The molecule has 2 unspecified atom stereocenters. The molecule has 1 aromatic carbocycles. The van der Waals surface area contributed by atoms with Crippen LogP contribution in [0.4, 0.5) is 10.1 Å². The second-order valence-electron chi connectivity index (χ2n) is 9.35. The summed E-state index contributed by atoms with van der Waals surface area (Å²) in [7, 11) is 4.17. The Labute approximate surface area is 210 Å². The number of nitrogens with one attached hydrogen (secondary N) is 2. The third-order valence-corrected chi connectivity index (χ3v) is 7.41. The Morgan fingerprint density at radius 3 is 2.44 bits per heavy atom. The number of anilines is 1. The Kier molecular flexibility index (Phi) is 9.85. The summed E-state index contributed by atoms with van der Waals surface area (Å²) in [5.74, 6) is 0.823. The molecule has 4 rings (SSSR count). The van der Waals surface area contributed by atoms with Gasteiger partial charge in [0.05, 0.1) is 5.69 Å². The number of piperidine rings is 2. The van der Waals surface area contributed by atoms with Crippen molar-refractivity contribution in [2.24, 2.45) is 4.99 Å². The molecule has 0 radical (unpaired) electrons. The van der Waals surface area contributed by atoms with E-state index in [-0.39, 0.29) is 29.8 Å². The van der Waals surface area contributed by atoms with Gasteiger partial charge in [0.1, 0.15) is 5.82 Å². The fourth-order valence-corrected chi connectivity index (χ4v) is 5.55. The molecule has 3 aliphatic heterocycles. The predicted octanol–water partition coefficient (Wildman–Crippen LogP) is 3.14. The van der Waals surface area contributed by atoms with E-state index >= 15 is 0 Å². The van der Waals surface area contributed by atoms with Gasteiger partial charge < -0.3 is 20.4 Å². The normalized spacial score (nSPS) is 27.0. The number of benzene rings is 1. The lowest BCUT2D eigenvalue weighted by molar-refractivity contribution is 0.0526. The van der Waals surface area contributed by atoms with Crippen molar-refractivity contribution >= 4 is 35.6 Å². The third kappa shape index (κ3) is 6.47. The molecule has 0 spiro atoms. The summed E-state index contributed by atoms with van der Waals surface area (Å²) in [6, 6.07) is 9.08. The Morgan fingerprint density at radius 2 is 1.78 bits per heavy atom. The number of para-hydroxylation sites is 1. The largest absolute Gasteiger partial charge is 0.367 e. The maximum absolute atomic E-state index is 14.0. The number of guanidine groups is 1. The van der Waals surface area contributed by atoms with E-state index in [0.717, 1.165) is 69.4 Å². The minimum atomic E-state index is -0.118. The second-order valence-corrected chi connectivity index (χ2v) is 9.35. The van der Waals surface area contributed by atoms with Crippen LogP contribution in [0.15, 0.2) is 29.3 Å². The topological polar surface area (TPSA) is 46.1 Å². The minimum Gasteiger partial charge on any atom is -0.367 e. The fraction of sp³-hybridized carbons (Fsp3) is 0.708. The summed E-state index contributed by atoms with van der Waals surface area (Å²) in [5, 5.41) is 7.19. The number of rotatable bonds is 6. The lowest BCUT2D eigenvalue weighted by Gasteiger charge is -2.47. The van der Waals surface area contributed by atoms with E-state index < -0.39 is 0 Å². The highest BCUT2D eigenvalue weighted by Gasteiger charge is 2.36. The molecule has 2 N–H and O–H groups in total. The first-order valence-corrected chi connectivity index (χ1v) is 12.0. The van der Waals surface area contributed by atoms with Gasteiger partial charge in [-0.05, 0) is 57.8 Å². The van der Waals surface area contributed by atoms with Gasteiger partial charge in [-0.25, -0.2) is 4.39 Å². The van der Waals surface area contributed by atoms with E-state index in [1.165, 1.54) is 32.1 Å². The van der Waals surface area contributed by atoms with Crippen LogP contribution in [0, 0.1) is 5.82 Å². The Morgan fingerprint density at radius 1 is 1.09 bits per heavy atom. The van der Waals surface area contributed by atoms with E-state index in [1.807, 2.05) is 19.2 Å². The van der Waals surface area contributed by atoms with Crippen LogP contribution in [0.2, 0.25) is 0 Å². The molecule has 3 fully saturated rings. The summed E-state index contributed by atoms with van der Waals surface area (Å²) >= 11 is 0. The van der Waals surface area contributed by atoms with Crippen molar-refractivity contribution in [1.29, 1.82) is 0 Å². The van der Waals surface area contributed by atoms with E-state index in [4.69, 9.17) is 0 Å². The Hall–Kier alpha value is -1.13. The highest BCUT2D eigenvalue weighted by Crippen LogP contribution is 2.32. The van der Waals surface area contributed by atoms with Gasteiger partial charge in [-0.15, -0.1) is 24.0 Å². The van der Waals surface area contributed by atoms with Crippen LogP contribution < -0.4 is 15.5 Å². The van der Waals surface area contributed by atoms with Crippen molar-refractivity contribution in [2.75, 3.05) is 58.3 Å². The van der Waals surface area contributed by atoms with Gasteiger partial charge in [0, 0.05) is 57.9 Å². The van der Waals surface area contributed by atoms with Crippen molar-refractivity contribution in [3.63, 3.8) is 0 Å². The first-order chi connectivity index (χ1) is 15.1. The van der Waals surface area contributed by atoms with E-state index in [2.05, 4.69) is 37.4 Å². The van der Waals surface area contributed by atoms with Gasteiger partial charge >= 0.3 is 0 Å². The van der Waals surface area contributed by atoms with Gasteiger partial charge in [0.25, 0.3) is 0 Å². The number of aliphatic imine (C=N–C) groups is 1. The number of hydrogen-bond acceptors (Lipinski definition) is 4. The van der Waals surface area contributed by atoms with E-state index in [1.54, 1.807) is 12.1 Å². The molecular formula is C24H40FIN6. The van der Waals surface area contributed by atoms with Crippen molar-refractivity contribution in [3.8, 4) is 0 Å². The van der Waals surface area contributed by atoms with Crippen LogP contribution in [-0.2, 0) is 0 Å². The smallest absolute Gasteiger partial charge is 0.191 e. The van der Waals surface area contributed by atoms with Crippen molar-refractivity contribution in [1.82, 2.24) is 20.4 Å². The summed E-state index contributed by atoms with van der Waals surface area (Å²) in [6.45, 7) is 5.73. The molecule has 1 aromatic rings. The second kappa shape index (κ2) is 12.4. The van der Waals surface area contributed by atoms with E-state index in [0.29, 0.717) is 6.04 Å². The molecule has 180 valence electrons. The first-order valence-electron chi connectivity index (χ1n) is 12.0. The summed E-state index contributed by atoms with van der Waals surface area (Å²) in [5.41, 5.74) is 0.733. The van der Waals surface area contributed by atoms with Crippen molar-refractivity contribution in [2.45, 2.75) is 56.7 Å². The number of fused-ring (bicyclic) bond motifs is 2. The van der Waals surface area contributed by atoms with Gasteiger partial charge in [-0.1, -0.05) is 18.6 Å². The van der Waals surface area contributed by atoms with Crippen LogP contribution in [0.5, 0.6) is 0 Å². The molecule has 2 bridgehead atoms. The summed E-state index contributed by atoms with van der Waals surface area (Å²) < 4.78 is 14.0. The number of halogens is 2. The zero-order valence-electron chi connectivity index (χ0n) is 19.6. The molecule has 0 amide bonds. The molecule has 0 saturated carbocycles. The molecule has 2 atom stereocenters. The third-order valence-electron chi connectivity index (χ3n) is 7.41. The Bertz CT molecular complexity index is 725. The predicted molar refractivity (Wildman–Crippen MR) is 142 cm³/mol. The molecular weight excluding hydrogens is 518 g/mol. The molecule has 3 heterocycles. The van der Waals surface area contributed by atoms with E-state index in [9.17, 15) is 4.39 Å². The van der Waals surface area contributed by atoms with Crippen LogP contribution in [0.25, 0.3) is 0 Å². The maximum atomic E-state index is 14.0. The van der Waals surface area contributed by atoms with Gasteiger partial charge in [0.15, 0.2) is 5.96 Å². The SMILES string of the molecule is CN=C(NCCCN1CCN(c2ccccc2F)CC1)NC1CC2CCCC(C1)N2C.I. The van der Waals surface area contributed by atoms with Crippen LogP contribution in [-0.4, -0.2) is 87.2 Å². The quantitative estimate of drug-likeness (QED) is 0.243. The summed E-state index contributed by atoms with van der Waals surface area (Å²) in [6.07, 6.45) is 7.58. The number of hydrogen-bond donors (Lipinski definition) is 2. The van der Waals surface area contributed by atoms with Crippen molar-refractivity contribution < 1.29 is 4.39 Å². The highest BCUT2D eigenvalue weighted by molar-refractivity contribution is 14.0. The average molecular weight is 559 g/mol. The molecule has 3 saturated heterocycles. The maximum Gasteiger partial charge on any atom is 0.191 e. The van der Waals surface area contributed by atoms with Gasteiger partial charge in [-0.3, -0.25) is 9.89 Å². The summed E-state index contributed by atoms with van der Waals surface area (Å²) in [4.78, 5) is 11.7. The number of piperazine rings is 1. The fourth-order valence-electron chi connectivity index (χ4n) is 5.55. The van der Waals surface area contributed by atoms with Gasteiger partial charge in [0.2, 0.25) is 0 Å². The molecule has 32 heavy (non-hydrogen) atoms. The molecule has 3 aliphatic rings. The lowest BCUT2D eigenvalue weighted by atomic mass is 9.82. The van der Waals surface area contributed by atoms with Crippen LogP contribution >= 0.6 is 24.0 Å². The molecule has 0 aromatic heterocycles. The minimum absolute atomic E-state index is 0. The first kappa shape index (κ1) is 25.5. The monoisotopic (exact) mass is 558 g/mol. The number of nitrogens with zero attached hydrogens (tertiary/aromatic N) is 4. The Balaban J connectivity index is 0.00000289. The van der Waals surface area contributed by atoms with Crippen LogP contribution in [0.3, 0.4) is 0 Å². The van der Waals surface area contributed by atoms with Gasteiger partial charge in [-0.2, -0.15) is 0 Å². The molecule has 0 aliphatic carbocycles. The zero-order valence-corrected chi connectivity index (χ0v) is 21.9.